The number of aliphatic hydroxyl groups excluding tert-OH is 1. The Morgan fingerprint density at radius 1 is 1.56 bits per heavy atom. The van der Waals surface area contributed by atoms with Gasteiger partial charge in [0.2, 0.25) is 0 Å². The minimum Gasteiger partial charge on any atom is -0.395 e. The van der Waals surface area contributed by atoms with Gasteiger partial charge in [-0.2, -0.15) is 0 Å². The van der Waals surface area contributed by atoms with E-state index in [1.165, 1.54) is 6.07 Å². The van der Waals surface area contributed by atoms with Crippen molar-refractivity contribution in [2.75, 3.05) is 13.2 Å². The quantitative estimate of drug-likeness (QED) is 0.684. The average Bonchev–Trinajstić information content (AvgIpc) is 2.78. The van der Waals surface area contributed by atoms with Crippen LogP contribution in [0.3, 0.4) is 0 Å². The van der Waals surface area contributed by atoms with E-state index in [2.05, 4.69) is 20.8 Å². The van der Waals surface area contributed by atoms with E-state index in [0.717, 1.165) is 24.9 Å². The SMILES string of the molecule is O=[N+]([O-])c1cccc(CN2CCC[C@@H]2CO)c1Br. The highest BCUT2D eigenvalue weighted by molar-refractivity contribution is 9.10. The number of likely N-dealkylation sites (tertiary alicyclic amines) is 1. The molecule has 0 spiro atoms. The van der Waals surface area contributed by atoms with Gasteiger partial charge in [0.15, 0.2) is 0 Å². The van der Waals surface area contributed by atoms with Crippen molar-refractivity contribution in [3.63, 3.8) is 0 Å². The summed E-state index contributed by atoms with van der Waals surface area (Å²) in [5.41, 5.74) is 0.983. The van der Waals surface area contributed by atoms with Gasteiger partial charge in [0.05, 0.1) is 16.0 Å². The minimum absolute atomic E-state index is 0.0900. The molecule has 0 radical (unpaired) electrons. The van der Waals surface area contributed by atoms with Gasteiger partial charge in [0, 0.05) is 18.7 Å². The van der Waals surface area contributed by atoms with Gasteiger partial charge >= 0.3 is 0 Å². The molecule has 1 fully saturated rings. The van der Waals surface area contributed by atoms with E-state index in [1.54, 1.807) is 6.07 Å². The molecular formula is C12H15BrN2O3. The molecule has 0 saturated carbocycles. The molecule has 1 N–H and O–H groups in total. The molecule has 5 nitrogen and oxygen atoms in total. The molecule has 1 aromatic carbocycles. The Labute approximate surface area is 114 Å². The fourth-order valence-corrected chi connectivity index (χ4v) is 2.89. The smallest absolute Gasteiger partial charge is 0.283 e. The number of halogens is 1. The van der Waals surface area contributed by atoms with Gasteiger partial charge in [0.1, 0.15) is 0 Å². The number of nitro groups is 1. The molecule has 0 aliphatic carbocycles. The maximum atomic E-state index is 10.9. The number of hydrogen-bond acceptors (Lipinski definition) is 4. The lowest BCUT2D eigenvalue weighted by molar-refractivity contribution is -0.385. The van der Waals surface area contributed by atoms with Gasteiger partial charge < -0.3 is 5.11 Å². The van der Waals surface area contributed by atoms with Gasteiger partial charge in [0.25, 0.3) is 5.69 Å². The maximum absolute atomic E-state index is 10.9. The van der Waals surface area contributed by atoms with Crippen LogP contribution in [0.15, 0.2) is 22.7 Å². The number of rotatable bonds is 4. The van der Waals surface area contributed by atoms with E-state index >= 15 is 0 Å². The number of nitrogens with zero attached hydrogens (tertiary/aromatic N) is 2. The molecule has 2 rings (SSSR count). The normalized spacial score (nSPS) is 20.2. The average molecular weight is 315 g/mol. The Kier molecular flexibility index (Phi) is 4.31. The molecular weight excluding hydrogens is 300 g/mol. The third-order valence-corrected chi connectivity index (χ3v) is 4.25. The van der Waals surface area contributed by atoms with Crippen molar-refractivity contribution in [3.05, 3.63) is 38.3 Å². The number of hydrogen-bond donors (Lipinski definition) is 1. The first-order valence-electron chi connectivity index (χ1n) is 5.90. The molecule has 1 aliphatic rings. The van der Waals surface area contributed by atoms with Crippen molar-refractivity contribution < 1.29 is 10.0 Å². The second-order valence-electron chi connectivity index (χ2n) is 4.46. The van der Waals surface area contributed by atoms with Crippen molar-refractivity contribution in [1.82, 2.24) is 4.90 Å². The second-order valence-corrected chi connectivity index (χ2v) is 5.25. The molecule has 1 atom stereocenters. The Hall–Kier alpha value is -0.980. The highest BCUT2D eigenvalue weighted by Gasteiger charge is 2.25. The van der Waals surface area contributed by atoms with Crippen LogP contribution in [0.2, 0.25) is 0 Å². The molecule has 0 bridgehead atoms. The predicted octanol–water partition coefficient (Wildman–Crippen LogP) is 2.31. The third-order valence-electron chi connectivity index (χ3n) is 3.34. The number of aliphatic hydroxyl groups is 1. The van der Waals surface area contributed by atoms with E-state index < -0.39 is 0 Å². The zero-order valence-corrected chi connectivity index (χ0v) is 11.5. The Bertz CT molecular complexity index is 453. The lowest BCUT2D eigenvalue weighted by Crippen LogP contribution is -2.31. The zero-order chi connectivity index (χ0) is 13.1. The van der Waals surface area contributed by atoms with Gasteiger partial charge in [-0.25, -0.2) is 0 Å². The minimum atomic E-state index is -0.388. The van der Waals surface area contributed by atoms with Crippen LogP contribution < -0.4 is 0 Å². The fraction of sp³-hybridized carbons (Fsp3) is 0.500. The van der Waals surface area contributed by atoms with Crippen molar-refractivity contribution in [1.29, 1.82) is 0 Å². The van der Waals surface area contributed by atoms with E-state index in [-0.39, 0.29) is 23.3 Å². The monoisotopic (exact) mass is 314 g/mol. The van der Waals surface area contributed by atoms with E-state index in [9.17, 15) is 15.2 Å². The zero-order valence-electron chi connectivity index (χ0n) is 9.88. The summed E-state index contributed by atoms with van der Waals surface area (Å²) >= 11 is 3.30. The van der Waals surface area contributed by atoms with Crippen molar-refractivity contribution >= 4 is 21.6 Å². The Balaban J connectivity index is 2.19. The van der Waals surface area contributed by atoms with Crippen molar-refractivity contribution in [2.24, 2.45) is 0 Å². The van der Waals surface area contributed by atoms with Crippen molar-refractivity contribution in [3.8, 4) is 0 Å². The summed E-state index contributed by atoms with van der Waals surface area (Å²) in [4.78, 5) is 12.6. The van der Waals surface area contributed by atoms with Crippen molar-refractivity contribution in [2.45, 2.75) is 25.4 Å². The van der Waals surface area contributed by atoms with Gasteiger partial charge in [-0.15, -0.1) is 0 Å². The molecule has 1 aliphatic heterocycles. The predicted molar refractivity (Wildman–Crippen MR) is 71.3 cm³/mol. The maximum Gasteiger partial charge on any atom is 0.283 e. The molecule has 0 aromatic heterocycles. The topological polar surface area (TPSA) is 66.6 Å². The lowest BCUT2D eigenvalue weighted by Gasteiger charge is -2.23. The third kappa shape index (κ3) is 2.71. The van der Waals surface area contributed by atoms with Crippen LogP contribution in [0, 0.1) is 10.1 Å². The van der Waals surface area contributed by atoms with Gasteiger partial charge in [-0.1, -0.05) is 12.1 Å². The summed E-state index contributed by atoms with van der Waals surface area (Å²) in [6.45, 7) is 1.71. The summed E-state index contributed by atoms with van der Waals surface area (Å²) in [7, 11) is 0. The van der Waals surface area contributed by atoms with Gasteiger partial charge in [-0.3, -0.25) is 15.0 Å². The molecule has 0 amide bonds. The van der Waals surface area contributed by atoms with E-state index in [1.807, 2.05) is 6.07 Å². The highest BCUT2D eigenvalue weighted by atomic mass is 79.9. The van der Waals surface area contributed by atoms with Crippen LogP contribution in [0.1, 0.15) is 18.4 Å². The largest absolute Gasteiger partial charge is 0.395 e. The van der Waals surface area contributed by atoms with Crippen LogP contribution in [-0.4, -0.2) is 34.1 Å². The molecule has 18 heavy (non-hydrogen) atoms. The first kappa shape index (κ1) is 13.5. The summed E-state index contributed by atoms with van der Waals surface area (Å²) in [5, 5.41) is 20.1. The summed E-state index contributed by atoms with van der Waals surface area (Å²) in [6.07, 6.45) is 2.06. The van der Waals surface area contributed by atoms with Crippen LogP contribution in [0.5, 0.6) is 0 Å². The molecule has 6 heteroatoms. The first-order chi connectivity index (χ1) is 8.63. The fourth-order valence-electron chi connectivity index (χ4n) is 2.36. The molecule has 1 heterocycles. The summed E-state index contributed by atoms with van der Waals surface area (Å²) in [5.74, 6) is 0. The standard InChI is InChI=1S/C12H15BrN2O3/c13-12-9(3-1-5-11(12)15(17)18)7-14-6-2-4-10(14)8-16/h1,3,5,10,16H,2,4,6-8H2/t10-/m1/s1. The second kappa shape index (κ2) is 5.77. The molecule has 1 saturated heterocycles. The van der Waals surface area contributed by atoms with Gasteiger partial charge in [-0.05, 0) is 40.9 Å². The number of benzene rings is 1. The van der Waals surface area contributed by atoms with E-state index in [0.29, 0.717) is 11.0 Å². The summed E-state index contributed by atoms with van der Waals surface area (Å²) in [6, 6.07) is 5.24. The van der Waals surface area contributed by atoms with Crippen LogP contribution in [0.4, 0.5) is 5.69 Å². The number of nitro benzene ring substituents is 1. The summed E-state index contributed by atoms with van der Waals surface area (Å²) < 4.78 is 0.540. The van der Waals surface area contributed by atoms with Crippen LogP contribution >= 0.6 is 15.9 Å². The molecule has 98 valence electrons. The highest BCUT2D eigenvalue weighted by Crippen LogP contribution is 2.30. The molecule has 0 unspecified atom stereocenters. The molecule has 1 aromatic rings. The van der Waals surface area contributed by atoms with E-state index in [4.69, 9.17) is 0 Å². The first-order valence-corrected chi connectivity index (χ1v) is 6.69. The van der Waals surface area contributed by atoms with Crippen LogP contribution in [0.25, 0.3) is 0 Å². The van der Waals surface area contributed by atoms with Crippen LogP contribution in [-0.2, 0) is 6.54 Å². The lowest BCUT2D eigenvalue weighted by atomic mass is 10.1. The Morgan fingerprint density at radius 3 is 3.00 bits per heavy atom. The Morgan fingerprint density at radius 2 is 2.33 bits per heavy atom.